The third kappa shape index (κ3) is 3.91. The lowest BCUT2D eigenvalue weighted by Crippen LogP contribution is -2.09. The summed E-state index contributed by atoms with van der Waals surface area (Å²) in [6.07, 6.45) is 5.69. The summed E-state index contributed by atoms with van der Waals surface area (Å²) in [6, 6.07) is 11.2. The van der Waals surface area contributed by atoms with Gasteiger partial charge in [0.2, 0.25) is 0 Å². The highest BCUT2D eigenvalue weighted by atomic mass is 16.3. The summed E-state index contributed by atoms with van der Waals surface area (Å²) in [7, 11) is 0. The third-order valence-corrected chi connectivity index (χ3v) is 4.75. The average Bonchev–Trinajstić information content (AvgIpc) is 3.20. The number of imidazole rings is 1. The molecule has 0 spiro atoms. The maximum atomic E-state index is 9.43. The van der Waals surface area contributed by atoms with Crippen LogP contribution in [-0.2, 0) is 6.42 Å². The van der Waals surface area contributed by atoms with E-state index in [0.717, 1.165) is 17.6 Å². The third-order valence-electron chi connectivity index (χ3n) is 4.75. The Morgan fingerprint density at radius 2 is 1.97 bits per heavy atom. The molecule has 0 saturated carbocycles. The molecule has 30 heavy (non-hydrogen) atoms. The smallest absolute Gasteiger partial charge is 0.166 e. The molecule has 1 aromatic carbocycles. The molecule has 0 aliphatic heterocycles. The van der Waals surface area contributed by atoms with Crippen molar-refractivity contribution in [3.05, 3.63) is 60.2 Å². The number of hydrogen-bond acceptors (Lipinski definition) is 7. The van der Waals surface area contributed by atoms with E-state index in [4.69, 9.17) is 4.98 Å². The number of nitrogens with one attached hydrogen (secondary N) is 1. The number of pyridine rings is 1. The van der Waals surface area contributed by atoms with E-state index in [9.17, 15) is 10.4 Å². The maximum Gasteiger partial charge on any atom is 0.166 e. The van der Waals surface area contributed by atoms with Gasteiger partial charge in [-0.3, -0.25) is 4.98 Å². The van der Waals surface area contributed by atoms with Gasteiger partial charge in [-0.05, 0) is 44.0 Å². The van der Waals surface area contributed by atoms with Crippen molar-refractivity contribution in [3.63, 3.8) is 0 Å². The van der Waals surface area contributed by atoms with Crippen LogP contribution < -0.4 is 5.32 Å². The zero-order valence-electron chi connectivity index (χ0n) is 16.7. The van der Waals surface area contributed by atoms with Crippen LogP contribution in [0.15, 0.2) is 49.1 Å². The maximum absolute atomic E-state index is 9.43. The molecule has 0 radical (unpaired) electrons. The van der Waals surface area contributed by atoms with Crippen LogP contribution in [-0.4, -0.2) is 36.2 Å². The molecule has 0 aliphatic rings. The lowest BCUT2D eigenvalue weighted by Gasteiger charge is -2.11. The van der Waals surface area contributed by atoms with E-state index in [1.54, 1.807) is 30.7 Å². The van der Waals surface area contributed by atoms with Crippen LogP contribution in [0.5, 0.6) is 5.75 Å². The first-order valence-electron chi connectivity index (χ1n) is 9.67. The molecule has 0 fully saturated rings. The Balaban J connectivity index is 1.70. The average molecular weight is 399 g/mol. The lowest BCUT2D eigenvalue weighted by molar-refractivity contribution is 0.475. The Bertz CT molecular complexity index is 1220. The molecule has 4 rings (SSSR count). The van der Waals surface area contributed by atoms with Crippen LogP contribution in [0.2, 0.25) is 0 Å². The van der Waals surface area contributed by atoms with Crippen LogP contribution in [0, 0.1) is 11.3 Å². The van der Waals surface area contributed by atoms with E-state index in [1.165, 1.54) is 6.20 Å². The van der Waals surface area contributed by atoms with E-state index < -0.39 is 0 Å². The van der Waals surface area contributed by atoms with Gasteiger partial charge in [-0.1, -0.05) is 12.1 Å². The number of anilines is 1. The van der Waals surface area contributed by atoms with Gasteiger partial charge in [0, 0.05) is 30.5 Å². The zero-order valence-corrected chi connectivity index (χ0v) is 16.7. The van der Waals surface area contributed by atoms with E-state index in [0.29, 0.717) is 34.8 Å². The fraction of sp³-hybridized carbons (Fsp3) is 0.227. The van der Waals surface area contributed by atoms with Crippen LogP contribution in [0.3, 0.4) is 0 Å². The molecular weight excluding hydrogens is 378 g/mol. The van der Waals surface area contributed by atoms with Crippen molar-refractivity contribution in [1.82, 2.24) is 24.5 Å². The molecule has 0 saturated heterocycles. The first-order valence-corrected chi connectivity index (χ1v) is 9.67. The number of fused-ring (bicyclic) bond motifs is 1. The van der Waals surface area contributed by atoms with Crippen molar-refractivity contribution >= 4 is 17.0 Å². The summed E-state index contributed by atoms with van der Waals surface area (Å²) < 4.78 is 1.99. The van der Waals surface area contributed by atoms with Crippen LogP contribution in [0.1, 0.15) is 31.0 Å². The zero-order chi connectivity index (χ0) is 21.1. The van der Waals surface area contributed by atoms with Gasteiger partial charge >= 0.3 is 0 Å². The molecule has 0 bridgehead atoms. The van der Waals surface area contributed by atoms with Gasteiger partial charge in [-0.25, -0.2) is 15.0 Å². The molecule has 3 heterocycles. The molecule has 0 atom stereocenters. The fourth-order valence-corrected chi connectivity index (χ4v) is 3.16. The van der Waals surface area contributed by atoms with E-state index in [-0.39, 0.29) is 11.8 Å². The number of phenolic OH excluding ortho intramolecular Hbond substituents is 1. The molecule has 0 aliphatic carbocycles. The van der Waals surface area contributed by atoms with Gasteiger partial charge in [0.15, 0.2) is 17.3 Å². The van der Waals surface area contributed by atoms with Crippen molar-refractivity contribution in [3.8, 4) is 23.2 Å². The number of benzene rings is 1. The molecule has 4 aromatic rings. The number of phenols is 1. The summed E-state index contributed by atoms with van der Waals surface area (Å²) in [6.45, 7) is 4.78. The van der Waals surface area contributed by atoms with Gasteiger partial charge < -0.3 is 15.0 Å². The number of nitrogens with zero attached hydrogens (tertiary/aromatic N) is 6. The molecule has 2 N–H and O–H groups in total. The van der Waals surface area contributed by atoms with Crippen molar-refractivity contribution in [2.24, 2.45) is 0 Å². The summed E-state index contributed by atoms with van der Waals surface area (Å²) in [4.78, 5) is 18.0. The standard InChI is InChI=1S/C22H21N7O/c1-14(2)29-13-26-19-21(25-8-7-15-3-5-18(30)6-4-15)27-20(28-22(19)29)17-9-16(10-23)11-24-12-17/h3-6,9,11-14,30H,7-8H2,1-2H3,(H,25,27,28). The molecule has 0 amide bonds. The van der Waals surface area contributed by atoms with Crippen molar-refractivity contribution in [2.75, 3.05) is 11.9 Å². The van der Waals surface area contributed by atoms with E-state index in [1.807, 2.05) is 16.7 Å². The Morgan fingerprint density at radius 1 is 1.17 bits per heavy atom. The Hall–Kier alpha value is -3.99. The summed E-state index contributed by atoms with van der Waals surface area (Å²) in [5.74, 6) is 1.37. The lowest BCUT2D eigenvalue weighted by atomic mass is 10.1. The van der Waals surface area contributed by atoms with Gasteiger partial charge in [-0.2, -0.15) is 5.26 Å². The van der Waals surface area contributed by atoms with Crippen molar-refractivity contribution < 1.29 is 5.11 Å². The minimum Gasteiger partial charge on any atom is -0.508 e. The molecule has 0 unspecified atom stereocenters. The molecule has 8 nitrogen and oxygen atoms in total. The first-order chi connectivity index (χ1) is 14.5. The van der Waals surface area contributed by atoms with Crippen LogP contribution >= 0.6 is 0 Å². The SMILES string of the molecule is CC(C)n1cnc2c(NCCc3ccc(O)cc3)nc(-c3cncc(C#N)c3)nc21. The number of aromatic nitrogens is 5. The highest BCUT2D eigenvalue weighted by Gasteiger charge is 2.16. The second-order valence-corrected chi connectivity index (χ2v) is 7.23. The molecule has 150 valence electrons. The summed E-state index contributed by atoms with van der Waals surface area (Å²) in [5.41, 5.74) is 3.65. The predicted octanol–water partition coefficient (Wildman–Crippen LogP) is 3.70. The monoisotopic (exact) mass is 399 g/mol. The Labute approximate surface area is 173 Å². The highest BCUT2D eigenvalue weighted by Crippen LogP contribution is 2.26. The highest BCUT2D eigenvalue weighted by molar-refractivity contribution is 5.85. The predicted molar refractivity (Wildman–Crippen MR) is 114 cm³/mol. The van der Waals surface area contributed by atoms with Gasteiger partial charge in [-0.15, -0.1) is 0 Å². The molecular formula is C22H21N7O. The quantitative estimate of drug-likeness (QED) is 0.508. The normalized spacial score (nSPS) is 11.0. The summed E-state index contributed by atoms with van der Waals surface area (Å²) in [5, 5.41) is 22.0. The second-order valence-electron chi connectivity index (χ2n) is 7.23. The Kier molecular flexibility index (Phi) is 5.26. The number of nitriles is 1. The largest absolute Gasteiger partial charge is 0.508 e. The minimum atomic E-state index is 0.186. The van der Waals surface area contributed by atoms with Gasteiger partial charge in [0.05, 0.1) is 11.9 Å². The van der Waals surface area contributed by atoms with Crippen molar-refractivity contribution in [2.45, 2.75) is 26.3 Å². The van der Waals surface area contributed by atoms with Gasteiger partial charge in [0.1, 0.15) is 17.3 Å². The number of hydrogen-bond donors (Lipinski definition) is 2. The van der Waals surface area contributed by atoms with Gasteiger partial charge in [0.25, 0.3) is 0 Å². The molecule has 3 aromatic heterocycles. The Morgan fingerprint density at radius 3 is 2.70 bits per heavy atom. The van der Waals surface area contributed by atoms with E-state index in [2.05, 4.69) is 40.2 Å². The summed E-state index contributed by atoms with van der Waals surface area (Å²) >= 11 is 0. The van der Waals surface area contributed by atoms with Crippen LogP contribution in [0.25, 0.3) is 22.6 Å². The number of aromatic hydroxyl groups is 1. The topological polar surface area (TPSA) is 113 Å². The minimum absolute atomic E-state index is 0.186. The number of rotatable bonds is 6. The molecule has 8 heteroatoms. The second kappa shape index (κ2) is 8.17. The fourth-order valence-electron chi connectivity index (χ4n) is 3.16. The first kappa shape index (κ1) is 19.3. The van der Waals surface area contributed by atoms with Crippen LogP contribution in [0.4, 0.5) is 5.82 Å². The van der Waals surface area contributed by atoms with E-state index >= 15 is 0 Å². The van der Waals surface area contributed by atoms with Crippen molar-refractivity contribution in [1.29, 1.82) is 5.26 Å².